The van der Waals surface area contributed by atoms with E-state index in [1.807, 2.05) is 19.1 Å². The highest BCUT2D eigenvalue weighted by molar-refractivity contribution is 7.11. The van der Waals surface area contributed by atoms with Crippen molar-refractivity contribution >= 4 is 22.9 Å². The van der Waals surface area contributed by atoms with Crippen LogP contribution in [0.25, 0.3) is 0 Å². The third kappa shape index (κ3) is 5.57. The maximum absolute atomic E-state index is 11.2. The lowest BCUT2D eigenvalue weighted by Crippen LogP contribution is -2.42. The predicted molar refractivity (Wildman–Crippen MR) is 126 cm³/mol. The fourth-order valence-electron chi connectivity index (χ4n) is 4.40. The highest BCUT2D eigenvalue weighted by atomic mass is 32.1. The molecule has 3 aromatic rings. The molecule has 0 radical (unpaired) electrons. The van der Waals surface area contributed by atoms with Gasteiger partial charge in [-0.3, -0.25) is 9.69 Å². The maximum atomic E-state index is 11.2. The number of rotatable bonds is 7. The van der Waals surface area contributed by atoms with Gasteiger partial charge in [-0.2, -0.15) is 0 Å². The summed E-state index contributed by atoms with van der Waals surface area (Å²) in [6, 6.07) is 18.9. The number of anilines is 1. The molecule has 0 saturated carbocycles. The van der Waals surface area contributed by atoms with Crippen molar-refractivity contribution in [2.45, 2.75) is 51.5 Å². The third-order valence-corrected chi connectivity index (χ3v) is 7.29. The lowest BCUT2D eigenvalue weighted by Gasteiger charge is -2.40. The lowest BCUT2D eigenvalue weighted by atomic mass is 9.74. The van der Waals surface area contributed by atoms with E-state index in [4.69, 9.17) is 0 Å². The quantitative estimate of drug-likeness (QED) is 0.570. The Morgan fingerprint density at radius 1 is 1.03 bits per heavy atom. The number of likely N-dealkylation sites (tertiary alicyclic amines) is 1. The number of amides is 1. The van der Waals surface area contributed by atoms with E-state index in [2.05, 4.69) is 62.9 Å². The minimum absolute atomic E-state index is 0.0393. The topological polar surface area (TPSA) is 58.1 Å². The van der Waals surface area contributed by atoms with Gasteiger partial charge in [-0.05, 0) is 69.0 Å². The Morgan fingerprint density at radius 2 is 1.74 bits per heavy atom. The highest BCUT2D eigenvalue weighted by Gasteiger charge is 2.38. The van der Waals surface area contributed by atoms with Crippen LogP contribution in [0.4, 0.5) is 5.69 Å². The van der Waals surface area contributed by atoms with Crippen molar-refractivity contribution in [2.75, 3.05) is 18.4 Å². The summed E-state index contributed by atoms with van der Waals surface area (Å²) < 4.78 is 0. The first kappa shape index (κ1) is 21.7. The van der Waals surface area contributed by atoms with Crippen LogP contribution in [0, 0.1) is 6.92 Å². The Hall–Kier alpha value is -2.57. The van der Waals surface area contributed by atoms with Crippen molar-refractivity contribution in [3.8, 4) is 0 Å². The van der Waals surface area contributed by atoms with E-state index in [1.54, 1.807) is 11.3 Å². The van der Waals surface area contributed by atoms with E-state index in [0.717, 1.165) is 56.0 Å². The molecule has 31 heavy (non-hydrogen) atoms. The minimum Gasteiger partial charge on any atom is -0.326 e. The SMILES string of the molecule is CC(=O)Nc1ccc(CN2CCC(CCc3ccccc3)(c3nnc(C)s3)CC2)cc1. The largest absolute Gasteiger partial charge is 0.326 e. The number of nitrogens with one attached hydrogen (secondary N) is 1. The van der Waals surface area contributed by atoms with Crippen LogP contribution < -0.4 is 5.32 Å². The molecule has 1 aliphatic rings. The molecule has 0 unspecified atom stereocenters. The van der Waals surface area contributed by atoms with Crippen LogP contribution in [-0.4, -0.2) is 34.1 Å². The van der Waals surface area contributed by atoms with Crippen LogP contribution >= 0.6 is 11.3 Å². The van der Waals surface area contributed by atoms with Gasteiger partial charge in [0.2, 0.25) is 5.91 Å². The monoisotopic (exact) mass is 434 g/mol. The molecule has 0 bridgehead atoms. The normalized spacial score (nSPS) is 16.2. The molecule has 5 nitrogen and oxygen atoms in total. The van der Waals surface area contributed by atoms with Crippen molar-refractivity contribution in [3.63, 3.8) is 0 Å². The number of carbonyl (C=O) groups is 1. The summed E-state index contributed by atoms with van der Waals surface area (Å²) >= 11 is 1.76. The molecule has 162 valence electrons. The first-order valence-corrected chi connectivity index (χ1v) is 11.8. The third-order valence-electron chi connectivity index (χ3n) is 6.21. The van der Waals surface area contributed by atoms with Gasteiger partial charge < -0.3 is 5.32 Å². The molecule has 0 aliphatic carbocycles. The summed E-state index contributed by atoms with van der Waals surface area (Å²) in [5, 5.41) is 14.0. The van der Waals surface area contributed by atoms with Gasteiger partial charge in [0, 0.05) is 24.6 Å². The number of hydrogen-bond acceptors (Lipinski definition) is 5. The van der Waals surface area contributed by atoms with Crippen LogP contribution in [0.15, 0.2) is 54.6 Å². The van der Waals surface area contributed by atoms with Crippen LogP contribution in [0.5, 0.6) is 0 Å². The molecule has 6 heteroatoms. The molecule has 1 amide bonds. The van der Waals surface area contributed by atoms with Gasteiger partial charge in [0.1, 0.15) is 10.0 Å². The molecule has 2 heterocycles. The zero-order valence-electron chi connectivity index (χ0n) is 18.3. The zero-order valence-corrected chi connectivity index (χ0v) is 19.1. The number of benzene rings is 2. The van der Waals surface area contributed by atoms with Crippen molar-refractivity contribution in [3.05, 3.63) is 75.7 Å². The molecule has 1 fully saturated rings. The second kappa shape index (κ2) is 9.71. The molecule has 4 rings (SSSR count). The summed E-state index contributed by atoms with van der Waals surface area (Å²) in [6.07, 6.45) is 4.41. The smallest absolute Gasteiger partial charge is 0.221 e. The molecule has 2 aromatic carbocycles. The lowest BCUT2D eigenvalue weighted by molar-refractivity contribution is -0.114. The maximum Gasteiger partial charge on any atom is 0.221 e. The van der Waals surface area contributed by atoms with Crippen LogP contribution in [0.2, 0.25) is 0 Å². The summed E-state index contributed by atoms with van der Waals surface area (Å²) in [6.45, 7) is 6.63. The van der Waals surface area contributed by atoms with Crippen LogP contribution in [0.1, 0.15) is 47.3 Å². The molecule has 1 saturated heterocycles. The number of nitrogens with zero attached hydrogens (tertiary/aromatic N) is 3. The first-order valence-electron chi connectivity index (χ1n) is 11.0. The van der Waals surface area contributed by atoms with E-state index in [0.29, 0.717) is 0 Å². The van der Waals surface area contributed by atoms with Gasteiger partial charge in [-0.25, -0.2) is 0 Å². The Balaban J connectivity index is 1.41. The second-order valence-electron chi connectivity index (χ2n) is 8.55. The fraction of sp³-hybridized carbons (Fsp3) is 0.400. The van der Waals surface area contributed by atoms with Gasteiger partial charge in [-0.1, -0.05) is 42.5 Å². The predicted octanol–water partition coefficient (Wildman–Crippen LogP) is 4.97. The Kier molecular flexibility index (Phi) is 6.78. The molecule has 0 atom stereocenters. The van der Waals surface area contributed by atoms with Gasteiger partial charge >= 0.3 is 0 Å². The van der Waals surface area contributed by atoms with Gasteiger partial charge in [0.25, 0.3) is 0 Å². The van der Waals surface area contributed by atoms with Crippen molar-refractivity contribution in [1.82, 2.24) is 15.1 Å². The van der Waals surface area contributed by atoms with E-state index in [9.17, 15) is 4.79 Å². The fourth-order valence-corrected chi connectivity index (χ4v) is 5.37. The molecular formula is C25H30N4OS. The van der Waals surface area contributed by atoms with E-state index in [-0.39, 0.29) is 11.3 Å². The molecule has 0 spiro atoms. The summed E-state index contributed by atoms with van der Waals surface area (Å²) in [5.41, 5.74) is 3.64. The highest BCUT2D eigenvalue weighted by Crippen LogP contribution is 2.41. The summed E-state index contributed by atoms with van der Waals surface area (Å²) in [4.78, 5) is 13.7. The Morgan fingerprint density at radius 3 is 2.35 bits per heavy atom. The van der Waals surface area contributed by atoms with Crippen LogP contribution in [0.3, 0.4) is 0 Å². The Labute approximate surface area is 188 Å². The van der Waals surface area contributed by atoms with E-state index >= 15 is 0 Å². The van der Waals surface area contributed by atoms with Crippen LogP contribution in [-0.2, 0) is 23.2 Å². The second-order valence-corrected chi connectivity index (χ2v) is 9.73. The average Bonchev–Trinajstić information content (AvgIpc) is 3.22. The van der Waals surface area contributed by atoms with E-state index in [1.165, 1.54) is 23.1 Å². The first-order chi connectivity index (χ1) is 15.0. The molecule has 1 aromatic heterocycles. The summed E-state index contributed by atoms with van der Waals surface area (Å²) in [7, 11) is 0. The number of hydrogen-bond donors (Lipinski definition) is 1. The molecule has 1 aliphatic heterocycles. The number of piperidine rings is 1. The summed E-state index contributed by atoms with van der Waals surface area (Å²) in [5.74, 6) is -0.0393. The van der Waals surface area contributed by atoms with Gasteiger partial charge in [0.15, 0.2) is 0 Å². The van der Waals surface area contributed by atoms with Gasteiger partial charge in [0.05, 0.1) is 0 Å². The average molecular weight is 435 g/mol. The Bertz CT molecular complexity index is 992. The van der Waals surface area contributed by atoms with Crippen molar-refractivity contribution < 1.29 is 4.79 Å². The number of aryl methyl sites for hydroxylation is 2. The van der Waals surface area contributed by atoms with Crippen molar-refractivity contribution in [1.29, 1.82) is 0 Å². The van der Waals surface area contributed by atoms with E-state index < -0.39 is 0 Å². The zero-order chi connectivity index (χ0) is 21.7. The molecule has 1 N–H and O–H groups in total. The number of carbonyl (C=O) groups excluding carboxylic acids is 1. The minimum atomic E-state index is -0.0393. The number of aromatic nitrogens is 2. The van der Waals surface area contributed by atoms with Crippen molar-refractivity contribution in [2.24, 2.45) is 0 Å². The molecular weight excluding hydrogens is 404 g/mol. The standard InChI is InChI=1S/C25H30N4OS/c1-19(30)26-23-10-8-22(9-11-23)18-29-16-14-25(15-17-29,24-28-27-20(2)31-24)13-12-21-6-4-3-5-7-21/h3-11H,12-18H2,1-2H3,(H,26,30). The van der Waals surface area contributed by atoms with Gasteiger partial charge in [-0.15, -0.1) is 21.5 Å².